The predicted octanol–water partition coefficient (Wildman–Crippen LogP) is 3.37. The van der Waals surface area contributed by atoms with E-state index < -0.39 is 28.7 Å². The average molecular weight is 443 g/mol. The van der Waals surface area contributed by atoms with Gasteiger partial charge in [-0.25, -0.2) is 8.42 Å². The highest BCUT2D eigenvalue weighted by Crippen LogP contribution is 2.32. The third kappa shape index (κ3) is 5.28. The molecule has 0 bridgehead atoms. The fourth-order valence-electron chi connectivity index (χ4n) is 2.93. The highest BCUT2D eigenvalue weighted by molar-refractivity contribution is 7.89. The molecule has 162 valence electrons. The van der Waals surface area contributed by atoms with Gasteiger partial charge in [-0.05, 0) is 50.1 Å². The van der Waals surface area contributed by atoms with Gasteiger partial charge in [0.15, 0.2) is 6.61 Å². The molecule has 3 rings (SSSR count). The first-order chi connectivity index (χ1) is 14.1. The fourth-order valence-corrected chi connectivity index (χ4v) is 4.47. The summed E-state index contributed by atoms with van der Waals surface area (Å²) in [4.78, 5) is 16.4. The molecule has 0 spiro atoms. The van der Waals surface area contributed by atoms with Crippen LogP contribution in [0.25, 0.3) is 0 Å². The number of benzene rings is 1. The van der Waals surface area contributed by atoms with E-state index in [9.17, 15) is 26.4 Å². The number of nitrogens with zero attached hydrogens (tertiary/aromatic N) is 2. The number of ether oxygens (including phenoxy) is 1. The SMILES string of the molecule is Cc1ccc(C(=O)Nc2cc(S(=O)(=O)N3CCCC3)ccc2OCC(F)(F)F)cn1. The zero-order valence-electron chi connectivity index (χ0n) is 16.1. The van der Waals surface area contributed by atoms with Gasteiger partial charge in [-0.2, -0.15) is 17.5 Å². The first-order valence-electron chi connectivity index (χ1n) is 9.14. The Labute approximate surface area is 171 Å². The van der Waals surface area contributed by atoms with Crippen LogP contribution >= 0.6 is 0 Å². The number of carbonyl (C=O) groups is 1. The van der Waals surface area contributed by atoms with Gasteiger partial charge in [0.25, 0.3) is 5.91 Å². The number of amides is 1. The van der Waals surface area contributed by atoms with Crippen molar-refractivity contribution in [2.24, 2.45) is 0 Å². The van der Waals surface area contributed by atoms with E-state index >= 15 is 0 Å². The van der Waals surface area contributed by atoms with E-state index in [-0.39, 0.29) is 21.9 Å². The first kappa shape index (κ1) is 22.0. The van der Waals surface area contributed by atoms with Crippen molar-refractivity contribution in [1.82, 2.24) is 9.29 Å². The second-order valence-electron chi connectivity index (χ2n) is 6.82. The third-order valence-corrected chi connectivity index (χ3v) is 6.36. The first-order valence-corrected chi connectivity index (χ1v) is 10.6. The lowest BCUT2D eigenvalue weighted by atomic mass is 10.2. The number of rotatable bonds is 6. The third-order valence-electron chi connectivity index (χ3n) is 4.47. The van der Waals surface area contributed by atoms with Crippen LogP contribution in [0.1, 0.15) is 28.9 Å². The van der Waals surface area contributed by atoms with Crippen LogP contribution in [-0.2, 0) is 10.0 Å². The molecule has 0 aliphatic carbocycles. The maximum atomic E-state index is 12.8. The molecule has 1 amide bonds. The van der Waals surface area contributed by atoms with Gasteiger partial charge in [0, 0.05) is 25.0 Å². The van der Waals surface area contributed by atoms with Gasteiger partial charge in [0.1, 0.15) is 5.75 Å². The Bertz CT molecular complexity index is 1020. The van der Waals surface area contributed by atoms with Crippen LogP contribution in [0.15, 0.2) is 41.4 Å². The van der Waals surface area contributed by atoms with E-state index in [2.05, 4.69) is 10.3 Å². The molecule has 1 saturated heterocycles. The molecule has 1 aromatic heterocycles. The molecule has 1 fully saturated rings. The van der Waals surface area contributed by atoms with Crippen LogP contribution in [0, 0.1) is 6.92 Å². The summed E-state index contributed by atoms with van der Waals surface area (Å²) in [5.41, 5.74) is 0.666. The summed E-state index contributed by atoms with van der Waals surface area (Å²) in [5, 5.41) is 2.43. The second kappa shape index (κ2) is 8.60. The van der Waals surface area contributed by atoms with Crippen LogP contribution in [0.3, 0.4) is 0 Å². The molecule has 0 unspecified atom stereocenters. The molecule has 7 nitrogen and oxygen atoms in total. The number of carbonyl (C=O) groups excluding carboxylic acids is 1. The van der Waals surface area contributed by atoms with Crippen molar-refractivity contribution in [3.8, 4) is 5.75 Å². The Morgan fingerprint density at radius 1 is 1.20 bits per heavy atom. The molecule has 0 radical (unpaired) electrons. The molecular formula is C19H20F3N3O4S. The van der Waals surface area contributed by atoms with Crippen molar-refractivity contribution >= 4 is 21.6 Å². The number of aryl methyl sites for hydroxylation is 1. The number of nitrogens with one attached hydrogen (secondary N) is 1. The largest absolute Gasteiger partial charge is 0.482 e. The van der Waals surface area contributed by atoms with Crippen LogP contribution in [0.5, 0.6) is 5.75 Å². The summed E-state index contributed by atoms with van der Waals surface area (Å²) in [5.74, 6) is -0.948. The summed E-state index contributed by atoms with van der Waals surface area (Å²) < 4.78 is 69.4. The Kier molecular flexibility index (Phi) is 6.32. The van der Waals surface area contributed by atoms with E-state index in [1.807, 2.05) is 0 Å². The molecule has 1 N–H and O–H groups in total. The molecule has 0 atom stereocenters. The van der Waals surface area contributed by atoms with Gasteiger partial charge in [0.05, 0.1) is 16.1 Å². The summed E-state index contributed by atoms with van der Waals surface area (Å²) in [7, 11) is -3.84. The minimum Gasteiger partial charge on any atom is -0.482 e. The number of anilines is 1. The number of halogens is 3. The molecule has 1 aliphatic heterocycles. The van der Waals surface area contributed by atoms with Crippen molar-refractivity contribution in [3.05, 3.63) is 47.8 Å². The van der Waals surface area contributed by atoms with E-state index in [4.69, 9.17) is 4.74 Å². The van der Waals surface area contributed by atoms with E-state index in [0.717, 1.165) is 25.0 Å². The predicted molar refractivity (Wildman–Crippen MR) is 103 cm³/mol. The van der Waals surface area contributed by atoms with Crippen LogP contribution < -0.4 is 10.1 Å². The highest BCUT2D eigenvalue weighted by Gasteiger charge is 2.31. The van der Waals surface area contributed by atoms with Crippen molar-refractivity contribution in [2.75, 3.05) is 25.0 Å². The summed E-state index contributed by atoms with van der Waals surface area (Å²) in [6.07, 6.45) is -1.82. The van der Waals surface area contributed by atoms with Gasteiger partial charge in [-0.15, -0.1) is 0 Å². The topological polar surface area (TPSA) is 88.6 Å². The monoisotopic (exact) mass is 443 g/mol. The van der Waals surface area contributed by atoms with Crippen molar-refractivity contribution in [1.29, 1.82) is 0 Å². The van der Waals surface area contributed by atoms with Crippen LogP contribution in [0.4, 0.5) is 18.9 Å². The molecule has 0 saturated carbocycles. The van der Waals surface area contributed by atoms with Crippen molar-refractivity contribution < 1.29 is 31.1 Å². The van der Waals surface area contributed by atoms with Gasteiger partial charge >= 0.3 is 6.18 Å². The molecule has 2 aromatic rings. The lowest BCUT2D eigenvalue weighted by molar-refractivity contribution is -0.153. The number of alkyl halides is 3. The van der Waals surface area contributed by atoms with Crippen molar-refractivity contribution in [3.63, 3.8) is 0 Å². The van der Waals surface area contributed by atoms with Gasteiger partial charge in [-0.1, -0.05) is 0 Å². The molecule has 1 aliphatic rings. The van der Waals surface area contributed by atoms with E-state index in [0.29, 0.717) is 18.8 Å². The highest BCUT2D eigenvalue weighted by atomic mass is 32.2. The Hall–Kier alpha value is -2.66. The fraction of sp³-hybridized carbons (Fsp3) is 0.368. The van der Waals surface area contributed by atoms with Gasteiger partial charge < -0.3 is 10.1 Å². The molecular weight excluding hydrogens is 423 g/mol. The molecule has 11 heteroatoms. The zero-order chi connectivity index (χ0) is 21.9. The normalized spacial score (nSPS) is 15.2. The Morgan fingerprint density at radius 3 is 2.50 bits per heavy atom. The molecule has 2 heterocycles. The zero-order valence-corrected chi connectivity index (χ0v) is 16.9. The summed E-state index contributed by atoms with van der Waals surface area (Å²) >= 11 is 0. The van der Waals surface area contributed by atoms with Gasteiger partial charge in [0.2, 0.25) is 10.0 Å². The molecule has 1 aromatic carbocycles. The number of pyridine rings is 1. The number of aromatic nitrogens is 1. The lowest BCUT2D eigenvalue weighted by Gasteiger charge is -2.18. The standard InChI is InChI=1S/C19H20F3N3O4S/c1-13-4-5-14(11-23-13)18(26)24-16-10-15(30(27,28)25-8-2-3-9-25)6-7-17(16)29-12-19(20,21)22/h4-7,10-11H,2-3,8-9,12H2,1H3,(H,24,26). The Balaban J connectivity index is 1.93. The van der Waals surface area contributed by atoms with Crippen LogP contribution in [-0.4, -0.2) is 49.5 Å². The summed E-state index contributed by atoms with van der Waals surface area (Å²) in [6.45, 7) is 0.883. The van der Waals surface area contributed by atoms with Gasteiger partial charge in [-0.3, -0.25) is 9.78 Å². The second-order valence-corrected chi connectivity index (χ2v) is 8.75. The number of hydrogen-bond acceptors (Lipinski definition) is 5. The van der Waals surface area contributed by atoms with Crippen molar-refractivity contribution in [2.45, 2.75) is 30.8 Å². The quantitative estimate of drug-likeness (QED) is 0.740. The van der Waals surface area contributed by atoms with E-state index in [1.165, 1.54) is 22.6 Å². The smallest absolute Gasteiger partial charge is 0.422 e. The lowest BCUT2D eigenvalue weighted by Crippen LogP contribution is -2.28. The maximum absolute atomic E-state index is 12.8. The Morgan fingerprint density at radius 2 is 1.90 bits per heavy atom. The average Bonchev–Trinajstić information content (AvgIpc) is 3.22. The maximum Gasteiger partial charge on any atom is 0.422 e. The van der Waals surface area contributed by atoms with E-state index in [1.54, 1.807) is 13.0 Å². The minimum absolute atomic E-state index is 0.138. The number of sulfonamides is 1. The minimum atomic E-state index is -4.59. The van der Waals surface area contributed by atoms with Crippen LogP contribution in [0.2, 0.25) is 0 Å². The summed E-state index contributed by atoms with van der Waals surface area (Å²) in [6, 6.07) is 6.49. The molecule has 30 heavy (non-hydrogen) atoms. The number of hydrogen-bond donors (Lipinski definition) is 1.